The summed E-state index contributed by atoms with van der Waals surface area (Å²) in [5.74, 6) is 0. The van der Waals surface area contributed by atoms with Gasteiger partial charge in [0.25, 0.3) is 3.25 Å². The number of nitrogens with zero attached hydrogens (tertiary/aromatic N) is 2. The summed E-state index contributed by atoms with van der Waals surface area (Å²) in [7, 11) is 0. The second-order valence-electron chi connectivity index (χ2n) is 1.33. The highest BCUT2D eigenvalue weighted by Crippen LogP contribution is 2.29. The van der Waals surface area contributed by atoms with E-state index in [4.69, 9.17) is 46.4 Å². The maximum Gasteiger partial charge on any atom is 0.266 e. The first-order chi connectivity index (χ1) is 5.00. The highest BCUT2D eigenvalue weighted by Gasteiger charge is 2.11. The average Bonchev–Trinajstić information content (AvgIpc) is 1.88. The molecule has 0 spiro atoms. The second-order valence-corrected chi connectivity index (χ2v) is 4.76. The minimum atomic E-state index is -1.61. The van der Waals surface area contributed by atoms with E-state index in [-0.39, 0.29) is 0 Å². The van der Waals surface area contributed by atoms with Gasteiger partial charge in [0.2, 0.25) is 0 Å². The summed E-state index contributed by atoms with van der Waals surface area (Å²) in [6.45, 7) is 0. The maximum absolute atomic E-state index is 4.83. The van der Waals surface area contributed by atoms with Crippen molar-refractivity contribution < 1.29 is 0 Å². The zero-order valence-corrected chi connectivity index (χ0v) is 8.24. The Labute approximate surface area is 84.5 Å². The summed E-state index contributed by atoms with van der Waals surface area (Å²) in [6, 6.07) is 1.78. The van der Waals surface area contributed by atoms with Crippen LogP contribution in [0.3, 0.4) is 0 Å². The molecule has 0 amide bonds. The fourth-order valence-electron chi connectivity index (χ4n) is 0.253. The molecule has 2 nitrogen and oxygen atoms in total. The smallest absolute Gasteiger partial charge is 0.245 e. The molecule has 0 N–H and O–H groups in total. The van der Waals surface area contributed by atoms with Gasteiger partial charge >= 0.3 is 0 Å². The summed E-state index contributed by atoms with van der Waals surface area (Å²) in [6.07, 6.45) is 4.88. The van der Waals surface area contributed by atoms with E-state index in [0.717, 1.165) is 0 Å². The Balaban J connectivity index is 0.000000187. The first-order valence-corrected chi connectivity index (χ1v) is 3.97. The van der Waals surface area contributed by atoms with Crippen molar-refractivity contribution in [3.63, 3.8) is 0 Å². The SMILES string of the molecule is ClC(Cl)(Cl)Cl.c1cncnc1. The lowest BCUT2D eigenvalue weighted by Gasteiger charge is -1.91. The van der Waals surface area contributed by atoms with Crippen molar-refractivity contribution in [2.45, 2.75) is 3.25 Å². The quantitative estimate of drug-likeness (QED) is 0.644. The summed E-state index contributed by atoms with van der Waals surface area (Å²) >= 11 is 19.3. The lowest BCUT2D eigenvalue weighted by Crippen LogP contribution is -1.81. The number of halogens is 4. The molecule has 0 aliphatic carbocycles. The Morgan fingerprint density at radius 1 is 0.909 bits per heavy atom. The zero-order chi connectivity index (χ0) is 8.74. The first-order valence-electron chi connectivity index (χ1n) is 2.46. The lowest BCUT2D eigenvalue weighted by atomic mass is 10.7. The van der Waals surface area contributed by atoms with Crippen LogP contribution in [0.2, 0.25) is 0 Å². The molecule has 0 aliphatic heterocycles. The molecular formula is C5H4Cl4N2. The molecule has 0 saturated carbocycles. The van der Waals surface area contributed by atoms with Crippen LogP contribution in [-0.2, 0) is 0 Å². The zero-order valence-electron chi connectivity index (χ0n) is 5.22. The molecule has 0 aliphatic rings. The topological polar surface area (TPSA) is 25.8 Å². The lowest BCUT2D eigenvalue weighted by molar-refractivity contribution is 1.17. The van der Waals surface area contributed by atoms with Crippen LogP contribution < -0.4 is 0 Å². The monoisotopic (exact) mass is 232 g/mol. The van der Waals surface area contributed by atoms with Crippen LogP contribution >= 0.6 is 46.4 Å². The predicted octanol–water partition coefficient (Wildman–Crippen LogP) is 3.03. The van der Waals surface area contributed by atoms with E-state index in [2.05, 4.69) is 9.97 Å². The molecule has 0 aromatic carbocycles. The third kappa shape index (κ3) is 17.9. The summed E-state index contributed by atoms with van der Waals surface area (Å²) < 4.78 is -1.61. The number of hydrogen-bond acceptors (Lipinski definition) is 2. The van der Waals surface area contributed by atoms with Crippen LogP contribution in [-0.4, -0.2) is 13.2 Å². The Morgan fingerprint density at radius 2 is 1.27 bits per heavy atom. The average molecular weight is 234 g/mol. The third-order valence-electron chi connectivity index (χ3n) is 0.478. The van der Waals surface area contributed by atoms with Gasteiger partial charge in [-0.2, -0.15) is 0 Å². The van der Waals surface area contributed by atoms with Crippen LogP contribution in [0.1, 0.15) is 0 Å². The van der Waals surface area contributed by atoms with Gasteiger partial charge in [-0.25, -0.2) is 9.97 Å². The molecule has 0 bridgehead atoms. The van der Waals surface area contributed by atoms with Crippen molar-refractivity contribution >= 4 is 46.4 Å². The molecule has 1 aromatic rings. The van der Waals surface area contributed by atoms with Crippen molar-refractivity contribution in [3.05, 3.63) is 24.8 Å². The standard InChI is InChI=1S/C4H4N2.CCl4/c1-2-5-4-6-3-1;2-1(3,4)5/h1-4H;. The van der Waals surface area contributed by atoms with Crippen molar-refractivity contribution in [2.24, 2.45) is 0 Å². The minimum Gasteiger partial charge on any atom is -0.245 e. The molecule has 11 heavy (non-hydrogen) atoms. The molecule has 0 unspecified atom stereocenters. The summed E-state index contributed by atoms with van der Waals surface area (Å²) in [5, 5.41) is 0. The Hall–Kier alpha value is 0.240. The van der Waals surface area contributed by atoms with Crippen LogP contribution in [0.15, 0.2) is 24.8 Å². The Bertz CT molecular complexity index is 141. The normalized spacial score (nSPS) is 9.82. The van der Waals surface area contributed by atoms with Crippen LogP contribution in [0.25, 0.3) is 0 Å². The molecule has 62 valence electrons. The number of hydrogen-bond donors (Lipinski definition) is 0. The number of alkyl halides is 4. The van der Waals surface area contributed by atoms with E-state index in [1.165, 1.54) is 6.33 Å². The molecule has 0 fully saturated rings. The van der Waals surface area contributed by atoms with E-state index < -0.39 is 3.25 Å². The van der Waals surface area contributed by atoms with E-state index >= 15 is 0 Å². The van der Waals surface area contributed by atoms with Gasteiger partial charge in [-0.05, 0) is 6.07 Å². The highest BCUT2D eigenvalue weighted by molar-refractivity contribution is 6.83. The maximum atomic E-state index is 4.83. The van der Waals surface area contributed by atoms with Gasteiger partial charge in [0, 0.05) is 12.4 Å². The Morgan fingerprint density at radius 3 is 1.36 bits per heavy atom. The van der Waals surface area contributed by atoms with Crippen molar-refractivity contribution in [1.29, 1.82) is 0 Å². The van der Waals surface area contributed by atoms with Gasteiger partial charge in [-0.15, -0.1) is 0 Å². The van der Waals surface area contributed by atoms with Crippen molar-refractivity contribution in [2.75, 3.05) is 0 Å². The van der Waals surface area contributed by atoms with Crippen molar-refractivity contribution in [3.8, 4) is 0 Å². The fraction of sp³-hybridized carbons (Fsp3) is 0.200. The minimum absolute atomic E-state index is 1.50. The van der Waals surface area contributed by atoms with Crippen LogP contribution in [0.4, 0.5) is 0 Å². The molecule has 6 heteroatoms. The van der Waals surface area contributed by atoms with Crippen LogP contribution in [0, 0.1) is 0 Å². The van der Waals surface area contributed by atoms with E-state index in [0.29, 0.717) is 0 Å². The molecule has 1 rings (SSSR count). The van der Waals surface area contributed by atoms with Gasteiger partial charge in [0.15, 0.2) is 0 Å². The first kappa shape index (κ1) is 11.2. The Kier molecular flexibility index (Phi) is 5.96. The molecule has 0 atom stereocenters. The van der Waals surface area contributed by atoms with Gasteiger partial charge in [-0.1, -0.05) is 46.4 Å². The van der Waals surface area contributed by atoms with Crippen LogP contribution in [0.5, 0.6) is 0 Å². The van der Waals surface area contributed by atoms with Gasteiger partial charge in [-0.3, -0.25) is 0 Å². The van der Waals surface area contributed by atoms with E-state index in [1.807, 2.05) is 0 Å². The summed E-state index contributed by atoms with van der Waals surface area (Å²) in [5.41, 5.74) is 0. The highest BCUT2D eigenvalue weighted by atomic mass is 35.6. The molecular weight excluding hydrogens is 230 g/mol. The number of aromatic nitrogens is 2. The van der Waals surface area contributed by atoms with Gasteiger partial charge < -0.3 is 0 Å². The molecule has 1 aromatic heterocycles. The molecule has 0 radical (unpaired) electrons. The largest absolute Gasteiger partial charge is 0.266 e. The second kappa shape index (κ2) is 5.84. The number of rotatable bonds is 0. The third-order valence-corrected chi connectivity index (χ3v) is 0.478. The summed E-state index contributed by atoms with van der Waals surface area (Å²) in [4.78, 5) is 7.35. The van der Waals surface area contributed by atoms with Crippen molar-refractivity contribution in [1.82, 2.24) is 9.97 Å². The van der Waals surface area contributed by atoms with E-state index in [1.54, 1.807) is 18.5 Å². The van der Waals surface area contributed by atoms with Gasteiger partial charge in [0.1, 0.15) is 6.33 Å². The predicted molar refractivity (Wildman–Crippen MR) is 48.2 cm³/mol. The van der Waals surface area contributed by atoms with E-state index in [9.17, 15) is 0 Å². The van der Waals surface area contributed by atoms with Gasteiger partial charge in [0.05, 0.1) is 0 Å². The fourth-order valence-corrected chi connectivity index (χ4v) is 0.253. The molecule has 1 heterocycles. The molecule has 0 saturated heterocycles.